The number of carbonyl (C=O) groups is 1. The first-order chi connectivity index (χ1) is 16.2. The number of benzene rings is 3. The van der Waals surface area contributed by atoms with Crippen LogP contribution in [0.2, 0.25) is 0 Å². The van der Waals surface area contributed by atoms with Crippen LogP contribution >= 0.6 is 0 Å². The molecular weight excluding hydrogens is 470 g/mol. The molecule has 3 aromatic carbocycles. The van der Waals surface area contributed by atoms with Gasteiger partial charge in [-0.3, -0.25) is 4.79 Å². The van der Waals surface area contributed by atoms with E-state index < -0.39 is 24.0 Å². The van der Waals surface area contributed by atoms with Gasteiger partial charge in [0.2, 0.25) is 0 Å². The van der Waals surface area contributed by atoms with Gasteiger partial charge in [-0.05, 0) is 77.4 Å². The van der Waals surface area contributed by atoms with Gasteiger partial charge in [0, 0.05) is 5.92 Å². The molecule has 0 heterocycles. The average Bonchev–Trinajstić information content (AvgIpc) is 2.76. The molecule has 1 atom stereocenters. The van der Waals surface area contributed by atoms with Crippen molar-refractivity contribution in [2.45, 2.75) is 45.6 Å². The van der Waals surface area contributed by atoms with E-state index in [2.05, 4.69) is 4.74 Å². The molecule has 35 heavy (non-hydrogen) atoms. The summed E-state index contributed by atoms with van der Waals surface area (Å²) in [6.07, 6.45) is -8.71. The molecule has 0 aromatic heterocycles. The highest BCUT2D eigenvalue weighted by atomic mass is 19.4. The molecule has 0 saturated carbocycles. The second kappa shape index (κ2) is 10.1. The topological polar surface area (TPSA) is 26.3 Å². The maximum Gasteiger partial charge on any atom is 0.573 e. The number of Topliss-reactive ketones (excluding diaryl/α,β-unsaturated/α-hetero) is 1. The van der Waals surface area contributed by atoms with Crippen LogP contribution in [0.15, 0.2) is 66.7 Å². The summed E-state index contributed by atoms with van der Waals surface area (Å²) < 4.78 is 80.5. The lowest BCUT2D eigenvalue weighted by Crippen LogP contribution is -2.16. The van der Waals surface area contributed by atoms with E-state index in [0.717, 1.165) is 12.1 Å². The second-order valence-corrected chi connectivity index (χ2v) is 8.78. The van der Waals surface area contributed by atoms with Crippen LogP contribution in [0.3, 0.4) is 0 Å². The van der Waals surface area contributed by atoms with Crippen molar-refractivity contribution < 1.29 is 35.9 Å². The molecule has 0 spiro atoms. The Kier molecular flexibility index (Phi) is 7.62. The van der Waals surface area contributed by atoms with Crippen LogP contribution in [-0.2, 0) is 11.0 Å². The van der Waals surface area contributed by atoms with E-state index in [4.69, 9.17) is 0 Å². The molecule has 0 aliphatic carbocycles. The summed E-state index contributed by atoms with van der Waals surface area (Å²) in [6, 6.07) is 15.3. The standard InChI is InChI=1S/C27H24F6O2/c1-16(2)12-25(17(3)34)22-14-20(18-4-8-23(9-5-18)26(28,29)30)13-21(15-22)19-6-10-24(11-7-19)35-27(31,32)33/h4-11,13-16,25H,12H2,1-3H3. The predicted octanol–water partition coefficient (Wildman–Crippen LogP) is 8.66. The molecule has 2 nitrogen and oxygen atoms in total. The number of ketones is 1. The van der Waals surface area contributed by atoms with Crippen molar-refractivity contribution in [3.8, 4) is 28.0 Å². The summed E-state index contributed by atoms with van der Waals surface area (Å²) in [5.74, 6) is -0.651. The third kappa shape index (κ3) is 7.10. The Morgan fingerprint density at radius 3 is 1.66 bits per heavy atom. The van der Waals surface area contributed by atoms with E-state index in [1.165, 1.54) is 43.3 Å². The lowest BCUT2D eigenvalue weighted by molar-refractivity contribution is -0.274. The molecule has 186 valence electrons. The maximum atomic E-state index is 13.0. The zero-order valence-corrected chi connectivity index (χ0v) is 19.3. The second-order valence-electron chi connectivity index (χ2n) is 8.78. The number of alkyl halides is 6. The van der Waals surface area contributed by atoms with Gasteiger partial charge in [0.05, 0.1) is 5.56 Å². The Balaban J connectivity index is 2.10. The highest BCUT2D eigenvalue weighted by Crippen LogP contribution is 2.36. The monoisotopic (exact) mass is 494 g/mol. The van der Waals surface area contributed by atoms with E-state index in [1.54, 1.807) is 18.2 Å². The first kappa shape index (κ1) is 26.3. The SMILES string of the molecule is CC(=O)C(CC(C)C)c1cc(-c2ccc(OC(F)(F)F)cc2)cc(-c2ccc(C(F)(F)F)cc2)c1. The van der Waals surface area contributed by atoms with Crippen molar-refractivity contribution >= 4 is 5.78 Å². The highest BCUT2D eigenvalue weighted by Gasteiger charge is 2.31. The number of hydrogen-bond donors (Lipinski definition) is 0. The van der Waals surface area contributed by atoms with Crippen LogP contribution in [0.4, 0.5) is 26.3 Å². The molecule has 3 rings (SSSR count). The number of halogens is 6. The lowest BCUT2D eigenvalue weighted by Gasteiger charge is -2.19. The Hall–Kier alpha value is -3.29. The van der Waals surface area contributed by atoms with E-state index in [-0.39, 0.29) is 17.5 Å². The average molecular weight is 494 g/mol. The van der Waals surface area contributed by atoms with E-state index >= 15 is 0 Å². The van der Waals surface area contributed by atoms with Crippen LogP contribution < -0.4 is 4.74 Å². The molecular formula is C27H24F6O2. The lowest BCUT2D eigenvalue weighted by atomic mass is 9.84. The van der Waals surface area contributed by atoms with E-state index in [1.807, 2.05) is 13.8 Å². The third-order valence-electron chi connectivity index (χ3n) is 5.52. The minimum atomic E-state index is -4.82. The van der Waals surface area contributed by atoms with Crippen molar-refractivity contribution in [1.82, 2.24) is 0 Å². The van der Waals surface area contributed by atoms with Gasteiger partial charge in [0.15, 0.2) is 0 Å². The summed E-state index contributed by atoms with van der Waals surface area (Å²) in [4.78, 5) is 12.5. The normalized spacial score (nSPS) is 13.1. The fraction of sp³-hybridized carbons (Fsp3) is 0.296. The Bertz CT molecular complexity index is 1160. The number of ether oxygens (including phenoxy) is 1. The van der Waals surface area contributed by atoms with Gasteiger partial charge in [-0.2, -0.15) is 13.2 Å². The van der Waals surface area contributed by atoms with Gasteiger partial charge in [0.1, 0.15) is 11.5 Å². The first-order valence-electron chi connectivity index (χ1n) is 10.9. The summed E-state index contributed by atoms with van der Waals surface area (Å²) in [6.45, 7) is 5.45. The molecule has 0 N–H and O–H groups in total. The van der Waals surface area contributed by atoms with Crippen molar-refractivity contribution in [2.24, 2.45) is 5.92 Å². The number of rotatable bonds is 7. The fourth-order valence-corrected chi connectivity index (χ4v) is 3.90. The molecule has 0 aliphatic rings. The Morgan fingerprint density at radius 1 is 0.771 bits per heavy atom. The molecule has 0 saturated heterocycles. The van der Waals surface area contributed by atoms with Gasteiger partial charge in [-0.1, -0.05) is 50.2 Å². The molecule has 0 aliphatic heterocycles. The van der Waals surface area contributed by atoms with Gasteiger partial charge < -0.3 is 4.74 Å². The fourth-order valence-electron chi connectivity index (χ4n) is 3.90. The minimum absolute atomic E-state index is 0.0526. The summed E-state index contributed by atoms with van der Waals surface area (Å²) in [5.41, 5.74) is 2.21. The quantitative estimate of drug-likeness (QED) is 0.307. The Morgan fingerprint density at radius 2 is 1.26 bits per heavy atom. The predicted molar refractivity (Wildman–Crippen MR) is 122 cm³/mol. The zero-order valence-electron chi connectivity index (χ0n) is 19.3. The van der Waals surface area contributed by atoms with Gasteiger partial charge in [-0.15, -0.1) is 13.2 Å². The summed E-state index contributed by atoms with van der Waals surface area (Å²) >= 11 is 0. The molecule has 0 bridgehead atoms. The molecule has 0 radical (unpaired) electrons. The molecule has 1 unspecified atom stereocenters. The third-order valence-corrected chi connectivity index (χ3v) is 5.52. The van der Waals surface area contributed by atoms with Crippen molar-refractivity contribution in [3.05, 3.63) is 77.9 Å². The van der Waals surface area contributed by atoms with Crippen LogP contribution in [-0.4, -0.2) is 12.1 Å². The van der Waals surface area contributed by atoms with E-state index in [0.29, 0.717) is 34.2 Å². The largest absolute Gasteiger partial charge is 0.573 e. The van der Waals surface area contributed by atoms with Crippen LogP contribution in [0.5, 0.6) is 5.75 Å². The first-order valence-corrected chi connectivity index (χ1v) is 10.9. The van der Waals surface area contributed by atoms with Crippen molar-refractivity contribution in [3.63, 3.8) is 0 Å². The molecule has 0 fully saturated rings. The van der Waals surface area contributed by atoms with Crippen molar-refractivity contribution in [2.75, 3.05) is 0 Å². The van der Waals surface area contributed by atoms with Crippen LogP contribution in [0.1, 0.15) is 44.2 Å². The minimum Gasteiger partial charge on any atom is -0.406 e. The smallest absolute Gasteiger partial charge is 0.406 e. The number of carbonyl (C=O) groups excluding carboxylic acids is 1. The maximum absolute atomic E-state index is 13.0. The van der Waals surface area contributed by atoms with Crippen LogP contribution in [0, 0.1) is 5.92 Å². The van der Waals surface area contributed by atoms with E-state index in [9.17, 15) is 31.1 Å². The summed E-state index contributed by atoms with van der Waals surface area (Å²) in [5, 5.41) is 0. The number of hydrogen-bond acceptors (Lipinski definition) is 2. The van der Waals surface area contributed by atoms with Crippen LogP contribution in [0.25, 0.3) is 22.3 Å². The van der Waals surface area contributed by atoms with Crippen molar-refractivity contribution in [1.29, 1.82) is 0 Å². The molecule has 0 amide bonds. The molecule has 8 heteroatoms. The molecule has 3 aromatic rings. The highest BCUT2D eigenvalue weighted by molar-refractivity contribution is 5.85. The zero-order chi connectivity index (χ0) is 26.0. The van der Waals surface area contributed by atoms with Gasteiger partial charge >= 0.3 is 12.5 Å². The summed E-state index contributed by atoms with van der Waals surface area (Å²) in [7, 11) is 0. The van der Waals surface area contributed by atoms with Gasteiger partial charge in [-0.25, -0.2) is 0 Å². The Labute approximate surface area is 199 Å². The van der Waals surface area contributed by atoms with Gasteiger partial charge in [0.25, 0.3) is 0 Å².